The highest BCUT2D eigenvalue weighted by Gasteiger charge is 2.63. The summed E-state index contributed by atoms with van der Waals surface area (Å²) in [7, 11) is -0.952. The largest absolute Gasteiger partial charge is 0.488 e. The molecule has 2 fully saturated rings. The second kappa shape index (κ2) is 13.6. The van der Waals surface area contributed by atoms with Gasteiger partial charge in [-0.05, 0) is 123 Å². The zero-order chi connectivity index (χ0) is 32.3. The first-order chi connectivity index (χ1) is 19.1. The lowest BCUT2D eigenvalue weighted by atomic mass is 9.49. The van der Waals surface area contributed by atoms with Gasteiger partial charge in [0, 0.05) is 29.7 Å². The summed E-state index contributed by atoms with van der Waals surface area (Å²) in [4.78, 5) is 21.4. The Labute approximate surface area is 261 Å². The third kappa shape index (κ3) is 9.41. The van der Waals surface area contributed by atoms with Crippen molar-refractivity contribution in [3.8, 4) is 0 Å². The number of rotatable bonds is 3. The van der Waals surface area contributed by atoms with Crippen molar-refractivity contribution in [2.45, 2.75) is 112 Å². The molecule has 0 atom stereocenters. The van der Waals surface area contributed by atoms with Crippen molar-refractivity contribution in [2.75, 3.05) is 10.6 Å². The van der Waals surface area contributed by atoms with Crippen LogP contribution in [0.2, 0.25) is 0 Å². The number of carbonyl (C=O) groups excluding carboxylic acids is 2. The van der Waals surface area contributed by atoms with Crippen molar-refractivity contribution in [2.24, 2.45) is 0 Å². The van der Waals surface area contributed by atoms with Crippen molar-refractivity contribution >= 4 is 53.1 Å². The molecule has 2 saturated heterocycles. The molecular weight excluding hydrogens is 598 g/mol. The van der Waals surface area contributed by atoms with Crippen molar-refractivity contribution in [1.29, 1.82) is 0 Å². The van der Waals surface area contributed by atoms with Crippen LogP contribution in [-0.4, -0.2) is 48.2 Å². The summed E-state index contributed by atoms with van der Waals surface area (Å²) >= 11 is 3.38. The SMILES string of the molecule is CC(=O)Nc1ccc(Br)c(C)c1.CC(=O)Nc1ccc(C)c(C)c1.CC1(C)OB(B2OC(C)(C)C(C)(C)O2)OC1(C)C. The second-order valence-electron chi connectivity index (χ2n) is 12.9. The summed E-state index contributed by atoms with van der Waals surface area (Å²) in [5.41, 5.74) is 3.81. The van der Waals surface area contributed by atoms with Gasteiger partial charge in [-0.15, -0.1) is 0 Å². The van der Waals surface area contributed by atoms with Crippen LogP contribution in [0, 0.1) is 20.8 Å². The highest BCUT2D eigenvalue weighted by atomic mass is 79.9. The molecular formula is C31H47B2BrN2O6. The van der Waals surface area contributed by atoms with Gasteiger partial charge in [-0.3, -0.25) is 9.59 Å². The van der Waals surface area contributed by atoms with Gasteiger partial charge in [0.1, 0.15) is 0 Å². The van der Waals surface area contributed by atoms with Crippen molar-refractivity contribution in [3.63, 3.8) is 0 Å². The van der Waals surface area contributed by atoms with Crippen LogP contribution in [0.15, 0.2) is 40.9 Å². The second-order valence-corrected chi connectivity index (χ2v) is 13.7. The summed E-state index contributed by atoms with van der Waals surface area (Å²) < 4.78 is 24.9. The van der Waals surface area contributed by atoms with E-state index in [2.05, 4.69) is 26.6 Å². The minimum Gasteiger partial charge on any atom is -0.405 e. The first-order valence-corrected chi connectivity index (χ1v) is 15.0. The van der Waals surface area contributed by atoms with E-state index in [9.17, 15) is 9.59 Å². The highest BCUT2D eigenvalue weighted by Crippen LogP contribution is 2.42. The summed E-state index contributed by atoms with van der Waals surface area (Å²) in [6.07, 6.45) is 0. The average Bonchev–Trinajstić information content (AvgIpc) is 3.18. The lowest BCUT2D eigenvalue weighted by molar-refractivity contribution is -0.115. The van der Waals surface area contributed by atoms with Crippen LogP contribution in [0.25, 0.3) is 0 Å². The fourth-order valence-corrected chi connectivity index (χ4v) is 4.19. The Morgan fingerprint density at radius 3 is 1.24 bits per heavy atom. The summed E-state index contributed by atoms with van der Waals surface area (Å²) in [6, 6.07) is 11.6. The molecule has 0 bridgehead atoms. The molecule has 2 heterocycles. The molecule has 0 spiro atoms. The normalized spacial score (nSPS) is 19.2. The first-order valence-electron chi connectivity index (χ1n) is 14.2. The minimum absolute atomic E-state index is 0.0294. The lowest BCUT2D eigenvalue weighted by Gasteiger charge is -2.32. The molecule has 11 heteroatoms. The number of halogens is 1. The number of hydrogen-bond acceptors (Lipinski definition) is 6. The van der Waals surface area contributed by atoms with E-state index in [-0.39, 0.29) is 34.2 Å². The van der Waals surface area contributed by atoms with Crippen LogP contribution < -0.4 is 10.6 Å². The van der Waals surface area contributed by atoms with E-state index in [1.54, 1.807) is 0 Å². The van der Waals surface area contributed by atoms with Crippen LogP contribution in [0.4, 0.5) is 11.4 Å². The van der Waals surface area contributed by atoms with E-state index in [1.807, 2.05) is 113 Å². The number of nitrogens with one attached hydrogen (secondary N) is 2. The van der Waals surface area contributed by atoms with Gasteiger partial charge in [-0.25, -0.2) is 0 Å². The van der Waals surface area contributed by atoms with E-state index in [4.69, 9.17) is 18.6 Å². The van der Waals surface area contributed by atoms with Gasteiger partial charge in [0.05, 0.1) is 22.4 Å². The molecule has 0 saturated carbocycles. The maximum absolute atomic E-state index is 10.7. The summed E-state index contributed by atoms with van der Waals surface area (Å²) in [5, 5.41) is 5.45. The average molecular weight is 645 g/mol. The maximum atomic E-state index is 10.7. The lowest BCUT2D eigenvalue weighted by Crippen LogP contribution is -2.41. The van der Waals surface area contributed by atoms with E-state index >= 15 is 0 Å². The number of carbonyl (C=O) groups is 2. The third-order valence-electron chi connectivity index (χ3n) is 8.07. The molecule has 230 valence electrons. The number of benzene rings is 2. The quantitative estimate of drug-likeness (QED) is 0.343. The molecule has 2 N–H and O–H groups in total. The Bertz CT molecular complexity index is 1150. The monoisotopic (exact) mass is 644 g/mol. The van der Waals surface area contributed by atoms with Crippen LogP contribution in [0.1, 0.15) is 85.9 Å². The van der Waals surface area contributed by atoms with Crippen LogP contribution in [-0.2, 0) is 28.2 Å². The van der Waals surface area contributed by atoms with Crippen molar-refractivity contribution < 1.29 is 28.2 Å². The fraction of sp³-hybridized carbons (Fsp3) is 0.548. The van der Waals surface area contributed by atoms with Crippen LogP contribution in [0.3, 0.4) is 0 Å². The number of anilines is 2. The molecule has 0 radical (unpaired) electrons. The Kier molecular flexibility index (Phi) is 11.7. The molecule has 0 aromatic heterocycles. The van der Waals surface area contributed by atoms with E-state index in [0.717, 1.165) is 21.4 Å². The van der Waals surface area contributed by atoms with E-state index in [1.165, 1.54) is 25.0 Å². The van der Waals surface area contributed by atoms with E-state index in [0.29, 0.717) is 0 Å². The summed E-state index contributed by atoms with van der Waals surface area (Å²) in [5.74, 6) is -0.0741. The maximum Gasteiger partial charge on any atom is 0.488 e. The molecule has 2 amide bonds. The zero-order valence-electron chi connectivity index (χ0n) is 27.4. The summed E-state index contributed by atoms with van der Waals surface area (Å²) in [6.45, 7) is 25.3. The Morgan fingerprint density at radius 2 is 0.929 bits per heavy atom. The molecule has 2 aliphatic heterocycles. The highest BCUT2D eigenvalue weighted by molar-refractivity contribution is 9.10. The van der Waals surface area contributed by atoms with E-state index < -0.39 is 14.0 Å². The zero-order valence-corrected chi connectivity index (χ0v) is 29.0. The van der Waals surface area contributed by atoms with Gasteiger partial charge in [-0.2, -0.15) is 0 Å². The van der Waals surface area contributed by atoms with Gasteiger partial charge in [0.15, 0.2) is 0 Å². The predicted molar refractivity (Wildman–Crippen MR) is 176 cm³/mol. The molecule has 2 aliphatic rings. The number of amides is 2. The molecule has 8 nitrogen and oxygen atoms in total. The smallest absolute Gasteiger partial charge is 0.405 e. The van der Waals surface area contributed by atoms with Crippen LogP contribution in [0.5, 0.6) is 0 Å². The van der Waals surface area contributed by atoms with Crippen molar-refractivity contribution in [1.82, 2.24) is 0 Å². The minimum atomic E-state index is -0.476. The standard InChI is InChI=1S/C12H24B2O4.C10H13NO.C9H10BrNO/c1-9(2)10(3,4)16-13(15-9)14-17-11(5,6)12(7,8)18-14;1-7-4-5-10(6-8(7)2)11-9(3)12;1-6-5-8(11-7(2)12)3-4-9(6)10/h1-8H3;4-6H,1-3H3,(H,11,12);3-5H,1-2H3,(H,11,12). The molecule has 42 heavy (non-hydrogen) atoms. The third-order valence-corrected chi connectivity index (χ3v) is 8.96. The van der Waals surface area contributed by atoms with Crippen LogP contribution >= 0.6 is 15.9 Å². The van der Waals surface area contributed by atoms with Crippen molar-refractivity contribution in [3.05, 3.63) is 57.6 Å². The number of aryl methyl sites for hydroxylation is 3. The van der Waals surface area contributed by atoms with Gasteiger partial charge in [0.2, 0.25) is 11.8 Å². The van der Waals surface area contributed by atoms with Gasteiger partial charge >= 0.3 is 14.0 Å². The Hall–Kier alpha value is -2.17. The molecule has 0 unspecified atom stereocenters. The van der Waals surface area contributed by atoms with Gasteiger partial charge in [-0.1, -0.05) is 22.0 Å². The van der Waals surface area contributed by atoms with Gasteiger partial charge < -0.3 is 29.3 Å². The predicted octanol–water partition coefficient (Wildman–Crippen LogP) is 7.23. The fourth-order valence-electron chi connectivity index (χ4n) is 3.95. The Balaban J connectivity index is 0.000000228. The molecule has 4 rings (SSSR count). The molecule has 2 aromatic carbocycles. The number of hydrogen-bond donors (Lipinski definition) is 2. The molecule has 2 aromatic rings. The molecule has 0 aliphatic carbocycles. The topological polar surface area (TPSA) is 95.1 Å². The Morgan fingerprint density at radius 1 is 0.595 bits per heavy atom. The van der Waals surface area contributed by atoms with Gasteiger partial charge in [0.25, 0.3) is 0 Å². The first kappa shape index (κ1) is 36.0.